The Kier molecular flexibility index (Phi) is 4.43. The van der Waals surface area contributed by atoms with Crippen LogP contribution in [0.3, 0.4) is 0 Å². The quantitative estimate of drug-likeness (QED) is 0.859. The summed E-state index contributed by atoms with van der Waals surface area (Å²) in [6, 6.07) is 8.17. The fourth-order valence-corrected chi connectivity index (χ4v) is 1.81. The van der Waals surface area contributed by atoms with E-state index in [0.717, 1.165) is 23.7 Å². The summed E-state index contributed by atoms with van der Waals surface area (Å²) in [5.41, 5.74) is 7.27. The van der Waals surface area contributed by atoms with Gasteiger partial charge in [0.1, 0.15) is 5.75 Å². The normalized spacial score (nSPS) is 16.7. The number of ether oxygens (including phenoxy) is 1. The Balaban J connectivity index is 0.00000112. The topological polar surface area (TPSA) is 35.2 Å². The van der Waals surface area contributed by atoms with Crippen LogP contribution in [0.2, 0.25) is 0 Å². The molecule has 1 atom stereocenters. The molecule has 0 radical (unpaired) electrons. The minimum Gasteiger partial charge on any atom is -0.496 e. The van der Waals surface area contributed by atoms with Crippen molar-refractivity contribution in [3.63, 3.8) is 0 Å². The van der Waals surface area contributed by atoms with Crippen LogP contribution in [0.4, 0.5) is 0 Å². The molecule has 1 saturated carbocycles. The molecule has 0 unspecified atom stereocenters. The molecule has 1 fully saturated rings. The zero-order valence-electron chi connectivity index (χ0n) is 8.98. The first kappa shape index (κ1) is 12.3. The second kappa shape index (κ2) is 5.38. The van der Waals surface area contributed by atoms with Crippen LogP contribution < -0.4 is 10.5 Å². The van der Waals surface area contributed by atoms with Crippen LogP contribution in [0.1, 0.15) is 30.9 Å². The van der Waals surface area contributed by atoms with Crippen molar-refractivity contribution in [2.45, 2.75) is 25.3 Å². The van der Waals surface area contributed by atoms with Crippen molar-refractivity contribution in [2.75, 3.05) is 7.11 Å². The van der Waals surface area contributed by atoms with E-state index in [1.165, 1.54) is 12.8 Å². The maximum Gasteiger partial charge on any atom is 0.123 e. The highest BCUT2D eigenvalue weighted by molar-refractivity contribution is 5.85. The third-order valence-corrected chi connectivity index (χ3v) is 2.82. The van der Waals surface area contributed by atoms with Gasteiger partial charge in [0.05, 0.1) is 7.11 Å². The van der Waals surface area contributed by atoms with E-state index in [9.17, 15) is 0 Å². The zero-order valence-corrected chi connectivity index (χ0v) is 9.80. The van der Waals surface area contributed by atoms with Crippen LogP contribution in [0.5, 0.6) is 5.75 Å². The van der Waals surface area contributed by atoms with Gasteiger partial charge in [0.2, 0.25) is 0 Å². The van der Waals surface area contributed by atoms with Crippen LogP contribution in [-0.2, 0) is 0 Å². The highest BCUT2D eigenvalue weighted by Gasteiger charge is 2.25. The Morgan fingerprint density at radius 1 is 1.40 bits per heavy atom. The fourth-order valence-electron chi connectivity index (χ4n) is 1.81. The summed E-state index contributed by atoms with van der Waals surface area (Å²) in [5.74, 6) is 1.77. The van der Waals surface area contributed by atoms with Gasteiger partial charge in [0.25, 0.3) is 0 Å². The number of hydrogen-bond acceptors (Lipinski definition) is 2. The van der Waals surface area contributed by atoms with E-state index < -0.39 is 0 Å². The molecule has 2 nitrogen and oxygen atoms in total. The summed E-state index contributed by atoms with van der Waals surface area (Å²) in [6.45, 7) is 0. The van der Waals surface area contributed by atoms with Gasteiger partial charge in [-0.1, -0.05) is 31.0 Å². The summed E-state index contributed by atoms with van der Waals surface area (Å²) in [7, 11) is 1.70. The first-order valence-electron chi connectivity index (χ1n) is 5.19. The molecule has 0 spiro atoms. The van der Waals surface area contributed by atoms with E-state index in [1.807, 2.05) is 18.2 Å². The van der Waals surface area contributed by atoms with Gasteiger partial charge < -0.3 is 10.5 Å². The lowest BCUT2D eigenvalue weighted by atomic mass is 10.0. The van der Waals surface area contributed by atoms with Crippen molar-refractivity contribution in [1.29, 1.82) is 0 Å². The van der Waals surface area contributed by atoms with Crippen LogP contribution in [-0.4, -0.2) is 7.11 Å². The maximum atomic E-state index is 6.13. The van der Waals surface area contributed by atoms with Gasteiger partial charge in [-0.3, -0.25) is 0 Å². The largest absolute Gasteiger partial charge is 0.496 e. The van der Waals surface area contributed by atoms with Gasteiger partial charge in [-0.2, -0.15) is 0 Å². The Labute approximate surface area is 97.2 Å². The molecular formula is C12H18ClNO. The average molecular weight is 228 g/mol. The lowest BCUT2D eigenvalue weighted by molar-refractivity contribution is 0.403. The fraction of sp³-hybridized carbons (Fsp3) is 0.500. The average Bonchev–Trinajstić information content (AvgIpc) is 3.01. The highest BCUT2D eigenvalue weighted by atomic mass is 35.5. The molecule has 1 aromatic rings. The van der Waals surface area contributed by atoms with E-state index in [-0.39, 0.29) is 18.4 Å². The summed E-state index contributed by atoms with van der Waals surface area (Å²) in [5, 5.41) is 0. The van der Waals surface area contributed by atoms with Crippen LogP contribution >= 0.6 is 12.4 Å². The molecule has 0 heterocycles. The molecule has 84 valence electrons. The molecule has 2 rings (SSSR count). The first-order valence-corrected chi connectivity index (χ1v) is 5.19. The standard InChI is InChI=1S/C12H17NO.ClH/c1-14-12-5-3-2-4-10(12)11(13)8-9-6-7-9;/h2-5,9,11H,6-8,13H2,1H3;1H/t11-;/m0./s1. The van der Waals surface area contributed by atoms with E-state index in [0.29, 0.717) is 0 Å². The monoisotopic (exact) mass is 227 g/mol. The molecule has 15 heavy (non-hydrogen) atoms. The zero-order chi connectivity index (χ0) is 9.97. The Bertz CT molecular complexity index is 312. The van der Waals surface area contributed by atoms with Crippen molar-refractivity contribution in [1.82, 2.24) is 0 Å². The molecular weight excluding hydrogens is 210 g/mol. The number of para-hydroxylation sites is 1. The number of rotatable bonds is 4. The minimum absolute atomic E-state index is 0. The molecule has 0 aromatic heterocycles. The number of nitrogens with two attached hydrogens (primary N) is 1. The predicted octanol–water partition coefficient (Wildman–Crippen LogP) is 2.92. The highest BCUT2D eigenvalue weighted by Crippen LogP contribution is 2.38. The molecule has 0 bridgehead atoms. The van der Waals surface area contributed by atoms with Gasteiger partial charge in [0, 0.05) is 11.6 Å². The van der Waals surface area contributed by atoms with Gasteiger partial charge in [-0.05, 0) is 18.4 Å². The summed E-state index contributed by atoms with van der Waals surface area (Å²) in [6.07, 6.45) is 3.80. The summed E-state index contributed by atoms with van der Waals surface area (Å²) < 4.78 is 5.29. The first-order chi connectivity index (χ1) is 6.81. The SMILES string of the molecule is COc1ccccc1[C@@H](N)CC1CC1.Cl. The molecule has 1 aliphatic carbocycles. The van der Waals surface area contributed by atoms with Crippen LogP contribution in [0, 0.1) is 5.92 Å². The molecule has 3 heteroatoms. The Morgan fingerprint density at radius 3 is 2.67 bits per heavy atom. The molecule has 2 N–H and O–H groups in total. The molecule has 1 aromatic carbocycles. The van der Waals surface area contributed by atoms with E-state index >= 15 is 0 Å². The van der Waals surface area contributed by atoms with Gasteiger partial charge >= 0.3 is 0 Å². The molecule has 0 saturated heterocycles. The summed E-state index contributed by atoms with van der Waals surface area (Å²) >= 11 is 0. The Morgan fingerprint density at radius 2 is 2.07 bits per heavy atom. The van der Waals surface area contributed by atoms with Gasteiger partial charge in [0.15, 0.2) is 0 Å². The van der Waals surface area contributed by atoms with Crippen molar-refractivity contribution in [3.8, 4) is 5.75 Å². The second-order valence-corrected chi connectivity index (χ2v) is 4.03. The van der Waals surface area contributed by atoms with Crippen LogP contribution in [0.25, 0.3) is 0 Å². The maximum absolute atomic E-state index is 6.13. The molecule has 0 aliphatic heterocycles. The number of benzene rings is 1. The predicted molar refractivity (Wildman–Crippen MR) is 64.5 cm³/mol. The third-order valence-electron chi connectivity index (χ3n) is 2.82. The Hall–Kier alpha value is -0.730. The molecule has 0 amide bonds. The van der Waals surface area contributed by atoms with E-state index in [2.05, 4.69) is 6.07 Å². The lowest BCUT2D eigenvalue weighted by Crippen LogP contribution is -2.12. The summed E-state index contributed by atoms with van der Waals surface area (Å²) in [4.78, 5) is 0. The smallest absolute Gasteiger partial charge is 0.123 e. The van der Waals surface area contributed by atoms with Crippen LogP contribution in [0.15, 0.2) is 24.3 Å². The van der Waals surface area contributed by atoms with Crippen molar-refractivity contribution >= 4 is 12.4 Å². The minimum atomic E-state index is 0. The van der Waals surface area contributed by atoms with Crippen molar-refractivity contribution < 1.29 is 4.74 Å². The van der Waals surface area contributed by atoms with E-state index in [1.54, 1.807) is 7.11 Å². The van der Waals surface area contributed by atoms with Gasteiger partial charge in [-0.15, -0.1) is 12.4 Å². The number of methoxy groups -OCH3 is 1. The second-order valence-electron chi connectivity index (χ2n) is 4.03. The molecule has 1 aliphatic rings. The van der Waals surface area contributed by atoms with E-state index in [4.69, 9.17) is 10.5 Å². The van der Waals surface area contributed by atoms with Gasteiger partial charge in [-0.25, -0.2) is 0 Å². The number of hydrogen-bond donors (Lipinski definition) is 1. The third kappa shape index (κ3) is 3.11. The number of halogens is 1. The van der Waals surface area contributed by atoms with Crippen molar-refractivity contribution in [3.05, 3.63) is 29.8 Å². The van der Waals surface area contributed by atoms with Crippen molar-refractivity contribution in [2.24, 2.45) is 11.7 Å². The lowest BCUT2D eigenvalue weighted by Gasteiger charge is -2.14.